The number of ketones is 1. The lowest BCUT2D eigenvalue weighted by atomic mass is 9.91. The third-order valence-electron chi connectivity index (χ3n) is 24.9. The molecule has 0 radical (unpaired) electrons. The molecule has 5 fully saturated rings. The fraction of sp³-hybridized carbons (Fsp3) is 0.291. The van der Waals surface area contributed by atoms with E-state index in [0.29, 0.717) is 171 Å². The zero-order valence-corrected chi connectivity index (χ0v) is 80.8. The Morgan fingerprint density at radius 2 is 0.683 bits per heavy atom. The molecule has 15 N–H and O–H groups in total. The number of nitrogens with zero attached hydrogens (tertiary/aromatic N) is 9. The molecule has 0 spiro atoms. The molecule has 29 heteroatoms. The Labute approximate surface area is 829 Å². The van der Waals surface area contributed by atoms with Gasteiger partial charge < -0.3 is 58.7 Å². The summed E-state index contributed by atoms with van der Waals surface area (Å²) in [5.74, 6) is 27.9. The second-order valence-electron chi connectivity index (χ2n) is 36.3. The van der Waals surface area contributed by atoms with Crippen LogP contribution in [0.25, 0.3) is 43.1 Å². The number of allylic oxidation sites excluding steroid dienone is 1. The minimum absolute atomic E-state index is 0.0157. The summed E-state index contributed by atoms with van der Waals surface area (Å²) in [6.07, 6.45) is 20.8. The van der Waals surface area contributed by atoms with E-state index in [1.54, 1.807) is 88.0 Å². The number of hydrogen-bond donors (Lipinski definition) is 9. The van der Waals surface area contributed by atoms with Crippen LogP contribution in [0.5, 0.6) is 0 Å². The van der Waals surface area contributed by atoms with Gasteiger partial charge in [-0.1, -0.05) is 124 Å². The summed E-state index contributed by atoms with van der Waals surface area (Å²) in [4.78, 5) is 103. The Morgan fingerprint density at radius 1 is 0.403 bits per heavy atom. The van der Waals surface area contributed by atoms with Crippen LogP contribution in [0.1, 0.15) is 190 Å². The summed E-state index contributed by atoms with van der Waals surface area (Å²) in [5.41, 5.74) is 43.3. The van der Waals surface area contributed by atoms with Crippen molar-refractivity contribution < 1.29 is 33.5 Å². The zero-order valence-electron chi connectivity index (χ0n) is 77.8. The van der Waals surface area contributed by atoms with Gasteiger partial charge in [-0.25, -0.2) is 24.7 Å². The summed E-state index contributed by atoms with van der Waals surface area (Å²) in [6, 6.07) is 51.4. The van der Waals surface area contributed by atoms with Gasteiger partial charge in [0.2, 0.25) is 0 Å². The fourth-order valence-corrected chi connectivity index (χ4v) is 17.9. The summed E-state index contributed by atoms with van der Waals surface area (Å²) in [6.45, 7) is 13.8. The molecule has 4 aromatic heterocycles. The fourth-order valence-electron chi connectivity index (χ4n) is 17.2. The zero-order chi connectivity index (χ0) is 98.4. The number of alkyl carbamates (subject to hydrolysis) is 1. The number of ether oxygens (including phenoxy) is 1. The number of pyridine rings is 4. The molecular weight excluding hydrogens is 1830 g/mol. The lowest BCUT2D eigenvalue weighted by Gasteiger charge is -2.32. The maximum absolute atomic E-state index is 13.1. The number of likely N-dealkylation sites (tertiary alicyclic amines) is 5. The third-order valence-corrected chi connectivity index (χ3v) is 25.9. The van der Waals surface area contributed by atoms with Gasteiger partial charge in [-0.05, 0) is 267 Å². The number of fused-ring (bicyclic) bond motifs is 4. The number of carbonyl (C=O) groups is 6. The van der Waals surface area contributed by atoms with E-state index >= 15 is 0 Å². The third kappa shape index (κ3) is 28.0. The Morgan fingerprint density at radius 3 is 0.971 bits per heavy atom. The Bertz CT molecular complexity index is 6890. The van der Waals surface area contributed by atoms with Crippen molar-refractivity contribution in [1.82, 2.24) is 49.8 Å². The van der Waals surface area contributed by atoms with Gasteiger partial charge in [0.25, 0.3) is 23.6 Å². The number of nitrogens with one attached hydrogen (secondary N) is 3. The van der Waals surface area contributed by atoms with Gasteiger partial charge in [-0.2, -0.15) is 0 Å². The first-order chi connectivity index (χ1) is 66.8. The average Bonchev–Trinajstić information content (AvgIpc) is 1.38. The maximum Gasteiger partial charge on any atom is 0.413 e. The normalized spacial score (nSPS) is 14.8. The van der Waals surface area contributed by atoms with Crippen LogP contribution in [-0.2, 0) is 9.53 Å². The minimum Gasteiger partial charge on any atom is -0.444 e. The highest BCUT2D eigenvalue weighted by Crippen LogP contribution is 2.33. The first kappa shape index (κ1) is 101. The number of piperidine rings is 4. The van der Waals surface area contributed by atoms with Crippen LogP contribution in [0.15, 0.2) is 207 Å². The number of nitrogens with two attached hydrogens (primary N) is 6. The largest absolute Gasteiger partial charge is 0.444 e. The van der Waals surface area contributed by atoms with Gasteiger partial charge in [-0.3, -0.25) is 45.0 Å². The molecule has 710 valence electrons. The Balaban J connectivity index is 0.000000149. The van der Waals surface area contributed by atoms with E-state index < -0.39 is 11.7 Å². The molecule has 5 aliphatic heterocycles. The molecule has 5 amide bonds. The van der Waals surface area contributed by atoms with E-state index in [9.17, 15) is 28.8 Å². The predicted octanol–water partition coefficient (Wildman–Crippen LogP) is 18.4. The lowest BCUT2D eigenvalue weighted by Crippen LogP contribution is -2.42. The Hall–Kier alpha value is -14.4. The van der Waals surface area contributed by atoms with Crippen LogP contribution in [-0.4, -0.2) is 175 Å². The number of amides is 5. The van der Waals surface area contributed by atoms with Crippen LogP contribution >= 0.6 is 46.4 Å². The highest BCUT2D eigenvalue weighted by Gasteiger charge is 2.30. The SMILES string of the molecule is CC(C)(C)OC(=O)NC(=N)CC1CCN(C(=O)c2ccc(C#Cc3c(N)ncc4ccc(Cl)cc34)cc2)CC1.N=C(N)CC1CCN(C(=O)c2ccc(C#Cc3c(N)ncc4ccc(Cl)cc34)cc2)CC1.Nc1ncc2ccc(Cl)cc2c1C#Cc1ccc(C(=O)N2CCC(CC(=O)/C=C/CN3CCCC3)CC2)cc1.Nc1ncc2ccc(Cl)cc2c1C#Cc1ccc(C(=O)N2CCC(N)CC2)cc1. The quantitative estimate of drug-likeness (QED) is 0.0224. The van der Waals surface area contributed by atoms with Gasteiger partial charge in [0.1, 0.15) is 34.7 Å². The van der Waals surface area contributed by atoms with E-state index in [2.05, 4.69) is 77.5 Å². The topological polar surface area (TPSA) is 395 Å². The minimum atomic E-state index is -0.616. The number of rotatable bonds is 13. The van der Waals surface area contributed by atoms with Gasteiger partial charge in [0.15, 0.2) is 5.78 Å². The molecule has 0 bridgehead atoms. The molecular formula is C110H110Cl4N18O7. The molecule has 8 aromatic carbocycles. The van der Waals surface area contributed by atoms with Gasteiger partial charge in [0.05, 0.1) is 28.1 Å². The van der Waals surface area contributed by atoms with Crippen molar-refractivity contribution in [3.05, 3.63) is 294 Å². The van der Waals surface area contributed by atoms with Gasteiger partial charge in [0, 0.05) is 217 Å². The van der Waals surface area contributed by atoms with Crippen LogP contribution in [0.4, 0.5) is 28.1 Å². The van der Waals surface area contributed by atoms with Crippen LogP contribution in [0, 0.1) is 75.9 Å². The summed E-state index contributed by atoms with van der Waals surface area (Å²) < 4.78 is 5.20. The monoisotopic (exact) mass is 1930 g/mol. The van der Waals surface area contributed by atoms with E-state index in [1.165, 1.54) is 12.8 Å². The number of anilines is 4. The van der Waals surface area contributed by atoms with Gasteiger partial charge >= 0.3 is 6.09 Å². The summed E-state index contributed by atoms with van der Waals surface area (Å²) in [7, 11) is 0. The van der Waals surface area contributed by atoms with E-state index in [4.69, 9.17) is 96.4 Å². The number of aromatic nitrogens is 4. The van der Waals surface area contributed by atoms with Gasteiger partial charge in [-0.15, -0.1) is 0 Å². The molecule has 17 rings (SSSR count). The first-order valence-electron chi connectivity index (χ1n) is 46.4. The number of carbonyl (C=O) groups excluding carboxylic acids is 6. The van der Waals surface area contributed by atoms with Crippen molar-refractivity contribution in [2.24, 2.45) is 29.2 Å². The second-order valence-corrected chi connectivity index (χ2v) is 38.0. The summed E-state index contributed by atoms with van der Waals surface area (Å²) >= 11 is 24.6. The lowest BCUT2D eigenvalue weighted by molar-refractivity contribution is -0.115. The van der Waals surface area contributed by atoms with Crippen molar-refractivity contribution in [1.29, 1.82) is 10.8 Å². The Kier molecular flexibility index (Phi) is 34.1. The molecule has 9 heterocycles. The molecule has 25 nitrogen and oxygen atoms in total. The molecule has 5 saturated heterocycles. The van der Waals surface area contributed by atoms with Crippen molar-refractivity contribution in [2.75, 3.05) is 94.9 Å². The average molecular weight is 1940 g/mol. The molecule has 0 unspecified atom stereocenters. The highest BCUT2D eigenvalue weighted by molar-refractivity contribution is 6.32. The number of halogens is 4. The molecule has 0 aliphatic carbocycles. The second kappa shape index (κ2) is 47.1. The highest BCUT2D eigenvalue weighted by atomic mass is 35.5. The summed E-state index contributed by atoms with van der Waals surface area (Å²) in [5, 5.41) is 27.5. The predicted molar refractivity (Wildman–Crippen MR) is 556 cm³/mol. The molecule has 139 heavy (non-hydrogen) atoms. The molecule has 0 saturated carbocycles. The van der Waals surface area contributed by atoms with Crippen molar-refractivity contribution >= 4 is 160 Å². The van der Waals surface area contributed by atoms with E-state index in [-0.39, 0.29) is 53.0 Å². The smallest absolute Gasteiger partial charge is 0.413 e. The first-order valence-corrected chi connectivity index (χ1v) is 48.0. The van der Waals surface area contributed by atoms with E-state index in [1.807, 2.05) is 159 Å². The van der Waals surface area contributed by atoms with Crippen LogP contribution in [0.2, 0.25) is 20.1 Å². The number of hydrogen-bond acceptors (Lipinski definition) is 19. The standard InChI is InChI=1S/C32H33ClN4O2.C30H32ClN5O3.C25H24ClN5O.C23H21ClN4O/c33-27-11-10-26-22-35-31(34)29(30(26)21-27)12-7-23-5-8-25(9-6-23)32(39)37-18-13-24(14-19-37)20-28(38)4-3-17-36-15-1-2-16-36;1-30(2,3)39-29(38)35-26(32)16-20-12-14-36(15-13-20)28(37)21-7-4-19(5-8-21)6-11-24-25-17-23(31)10-9-22(25)18-34-27(24)33;26-20-7-6-19-15-30-24(29)21(22(19)14-20)8-3-16-1-4-18(5-2-16)25(32)31-11-9-17(10-12-31)13-23(27)28;24-18-7-6-17-14-27-22(26)20(21(17)13-18)8-3-15-1-4-16(5-2-15)23(29)28-11-9-19(25)10-12-28/h3-6,8-11,21-22,24H,1-2,13-20H2,(H2,34,35);4-5,7-10,17-18,20H,12-16H2,1-3H3,(H2,33,34)(H2,32,35,38);1-2,4-7,14-15,17H,9-13H2,(H3,27,28)(H2,29,30);1-2,4-7,13-14,19H,9-12,25H2,(H2,26,27)/b4-3+;;;. The molecule has 5 aliphatic rings. The van der Waals surface area contributed by atoms with Crippen molar-refractivity contribution in [3.63, 3.8) is 0 Å². The van der Waals surface area contributed by atoms with E-state index in [0.717, 1.165) is 136 Å². The van der Waals surface area contributed by atoms with Crippen molar-refractivity contribution in [3.8, 4) is 47.4 Å². The number of amidine groups is 2. The molecule has 0 atom stereocenters. The van der Waals surface area contributed by atoms with Crippen LogP contribution < -0.4 is 39.7 Å². The van der Waals surface area contributed by atoms with Crippen LogP contribution in [0.3, 0.4) is 0 Å². The molecule has 12 aromatic rings. The number of benzene rings is 8. The van der Waals surface area contributed by atoms with Crippen molar-refractivity contribution in [2.45, 2.75) is 116 Å². The maximum atomic E-state index is 13.1. The number of nitrogen functional groups attached to an aromatic ring is 4.